The number of rotatable bonds is 6. The topological polar surface area (TPSA) is 75.4 Å². The molecule has 0 bridgehead atoms. The number of nitrogens with two attached hydrogens (primary N) is 1. The number of aliphatic hydroxyl groups excluding tert-OH is 1. The molecule has 1 rings (SSSR count). The predicted octanol–water partition coefficient (Wildman–Crippen LogP) is 1.53. The smallest absolute Gasteiger partial charge is 0.241 e. The molecule has 4 nitrogen and oxygen atoms in total. The van der Waals surface area contributed by atoms with Crippen LogP contribution in [0.1, 0.15) is 25.8 Å². The summed E-state index contributed by atoms with van der Waals surface area (Å²) in [7, 11) is 0. The second-order valence-corrected chi connectivity index (χ2v) is 4.57. The maximum atomic E-state index is 11.8. The second kappa shape index (κ2) is 7.13. The standard InChI is InChI=1S/C14H22N2O2/c1-3-10(2)13(15)14(18)16-12-6-4-11(5-7-12)8-9-17/h4-7,10,13,17H,3,8-9,15H2,1-2H3,(H,16,18). The van der Waals surface area contributed by atoms with Gasteiger partial charge >= 0.3 is 0 Å². The Morgan fingerprint density at radius 2 is 2.00 bits per heavy atom. The van der Waals surface area contributed by atoms with E-state index < -0.39 is 6.04 Å². The number of anilines is 1. The fourth-order valence-electron chi connectivity index (χ4n) is 1.62. The lowest BCUT2D eigenvalue weighted by molar-refractivity contribution is -0.118. The first kappa shape index (κ1) is 14.7. The highest BCUT2D eigenvalue weighted by molar-refractivity contribution is 5.94. The number of hydrogen-bond acceptors (Lipinski definition) is 3. The Labute approximate surface area is 108 Å². The molecule has 0 radical (unpaired) electrons. The molecule has 1 aromatic rings. The van der Waals surface area contributed by atoms with E-state index in [0.717, 1.165) is 17.7 Å². The van der Waals surface area contributed by atoms with Gasteiger partial charge in [-0.25, -0.2) is 0 Å². The van der Waals surface area contributed by atoms with Crippen LogP contribution in [-0.2, 0) is 11.2 Å². The van der Waals surface area contributed by atoms with Crippen LogP contribution in [0.3, 0.4) is 0 Å². The zero-order valence-electron chi connectivity index (χ0n) is 11.0. The predicted molar refractivity (Wildman–Crippen MR) is 73.3 cm³/mol. The van der Waals surface area contributed by atoms with E-state index in [1.165, 1.54) is 0 Å². The van der Waals surface area contributed by atoms with Crippen molar-refractivity contribution in [3.8, 4) is 0 Å². The Hall–Kier alpha value is -1.39. The van der Waals surface area contributed by atoms with E-state index >= 15 is 0 Å². The van der Waals surface area contributed by atoms with Gasteiger partial charge in [0.15, 0.2) is 0 Å². The number of amides is 1. The summed E-state index contributed by atoms with van der Waals surface area (Å²) in [6.45, 7) is 4.11. The first-order valence-corrected chi connectivity index (χ1v) is 6.34. The molecule has 0 heterocycles. The van der Waals surface area contributed by atoms with Crippen LogP contribution in [0.4, 0.5) is 5.69 Å². The molecule has 0 aliphatic heterocycles. The van der Waals surface area contributed by atoms with Gasteiger partial charge in [-0.3, -0.25) is 4.79 Å². The third kappa shape index (κ3) is 4.13. The lowest BCUT2D eigenvalue weighted by Crippen LogP contribution is -2.40. The Morgan fingerprint density at radius 3 is 2.50 bits per heavy atom. The van der Waals surface area contributed by atoms with Crippen molar-refractivity contribution in [1.82, 2.24) is 0 Å². The summed E-state index contributed by atoms with van der Waals surface area (Å²) in [5.41, 5.74) is 7.63. The van der Waals surface area contributed by atoms with Gasteiger partial charge in [-0.15, -0.1) is 0 Å². The third-order valence-corrected chi connectivity index (χ3v) is 3.18. The fourth-order valence-corrected chi connectivity index (χ4v) is 1.62. The number of carbonyl (C=O) groups is 1. The summed E-state index contributed by atoms with van der Waals surface area (Å²) >= 11 is 0. The van der Waals surface area contributed by atoms with Gasteiger partial charge in [-0.2, -0.15) is 0 Å². The Kier molecular flexibility index (Phi) is 5.82. The molecule has 4 heteroatoms. The monoisotopic (exact) mass is 250 g/mol. The molecule has 0 spiro atoms. The van der Waals surface area contributed by atoms with Gasteiger partial charge in [-0.1, -0.05) is 32.4 Å². The van der Waals surface area contributed by atoms with Gasteiger partial charge in [-0.05, 0) is 30.0 Å². The van der Waals surface area contributed by atoms with Crippen molar-refractivity contribution in [2.24, 2.45) is 11.7 Å². The van der Waals surface area contributed by atoms with Crippen molar-refractivity contribution in [1.29, 1.82) is 0 Å². The van der Waals surface area contributed by atoms with Crippen molar-refractivity contribution in [2.45, 2.75) is 32.7 Å². The average molecular weight is 250 g/mol. The van der Waals surface area contributed by atoms with E-state index in [1.54, 1.807) is 0 Å². The molecule has 0 fully saturated rings. The molecule has 0 aliphatic rings. The molecule has 0 aromatic heterocycles. The normalized spacial score (nSPS) is 14.0. The Bertz CT molecular complexity index is 376. The van der Waals surface area contributed by atoms with Crippen LogP contribution in [0.5, 0.6) is 0 Å². The lowest BCUT2D eigenvalue weighted by atomic mass is 9.99. The summed E-state index contributed by atoms with van der Waals surface area (Å²) in [5.74, 6) is 0.0120. The van der Waals surface area contributed by atoms with Crippen molar-refractivity contribution >= 4 is 11.6 Å². The van der Waals surface area contributed by atoms with E-state index in [1.807, 2.05) is 38.1 Å². The van der Waals surface area contributed by atoms with Gasteiger partial charge in [0.25, 0.3) is 0 Å². The SMILES string of the molecule is CCC(C)C(N)C(=O)Nc1ccc(CCO)cc1. The van der Waals surface area contributed by atoms with E-state index in [2.05, 4.69) is 5.32 Å². The van der Waals surface area contributed by atoms with Crippen LogP contribution in [0, 0.1) is 5.92 Å². The lowest BCUT2D eigenvalue weighted by Gasteiger charge is -2.17. The molecule has 1 aromatic carbocycles. The summed E-state index contributed by atoms with van der Waals surface area (Å²) in [6.07, 6.45) is 1.50. The highest BCUT2D eigenvalue weighted by atomic mass is 16.2. The fraction of sp³-hybridized carbons (Fsp3) is 0.500. The maximum Gasteiger partial charge on any atom is 0.241 e. The zero-order chi connectivity index (χ0) is 13.5. The molecule has 0 aliphatic carbocycles. The third-order valence-electron chi connectivity index (χ3n) is 3.18. The molecule has 0 saturated heterocycles. The van der Waals surface area contributed by atoms with E-state index in [-0.39, 0.29) is 18.4 Å². The summed E-state index contributed by atoms with van der Waals surface area (Å²) < 4.78 is 0. The first-order chi connectivity index (χ1) is 8.58. The van der Waals surface area contributed by atoms with Gasteiger partial charge in [0, 0.05) is 12.3 Å². The van der Waals surface area contributed by atoms with Gasteiger partial charge in [0.2, 0.25) is 5.91 Å². The van der Waals surface area contributed by atoms with Crippen LogP contribution in [-0.4, -0.2) is 23.7 Å². The molecular weight excluding hydrogens is 228 g/mol. The van der Waals surface area contributed by atoms with E-state index in [9.17, 15) is 4.79 Å². The van der Waals surface area contributed by atoms with Crippen LogP contribution >= 0.6 is 0 Å². The highest BCUT2D eigenvalue weighted by Crippen LogP contribution is 2.12. The second-order valence-electron chi connectivity index (χ2n) is 4.57. The van der Waals surface area contributed by atoms with Crippen molar-refractivity contribution in [3.05, 3.63) is 29.8 Å². The molecule has 4 N–H and O–H groups in total. The zero-order valence-corrected chi connectivity index (χ0v) is 11.0. The number of hydrogen-bond donors (Lipinski definition) is 3. The average Bonchev–Trinajstić information content (AvgIpc) is 2.39. The minimum absolute atomic E-state index is 0.130. The summed E-state index contributed by atoms with van der Waals surface area (Å²) in [5, 5.41) is 11.6. The highest BCUT2D eigenvalue weighted by Gasteiger charge is 2.19. The van der Waals surface area contributed by atoms with E-state index in [0.29, 0.717) is 6.42 Å². The largest absolute Gasteiger partial charge is 0.396 e. The molecule has 0 saturated carbocycles. The molecule has 1 amide bonds. The minimum atomic E-state index is -0.480. The molecule has 18 heavy (non-hydrogen) atoms. The summed E-state index contributed by atoms with van der Waals surface area (Å²) in [6, 6.07) is 6.95. The summed E-state index contributed by atoms with van der Waals surface area (Å²) in [4.78, 5) is 11.8. The van der Waals surface area contributed by atoms with Crippen molar-refractivity contribution in [3.63, 3.8) is 0 Å². The number of nitrogens with one attached hydrogen (secondary N) is 1. The van der Waals surface area contributed by atoms with E-state index in [4.69, 9.17) is 10.8 Å². The van der Waals surface area contributed by atoms with Gasteiger partial charge < -0.3 is 16.2 Å². The Balaban J connectivity index is 2.59. The Morgan fingerprint density at radius 1 is 1.39 bits per heavy atom. The van der Waals surface area contributed by atoms with Gasteiger partial charge in [0.1, 0.15) is 0 Å². The number of aliphatic hydroxyl groups is 1. The molecule has 100 valence electrons. The van der Waals surface area contributed by atoms with Crippen LogP contribution < -0.4 is 11.1 Å². The molecule has 2 unspecified atom stereocenters. The quantitative estimate of drug-likeness (QED) is 0.716. The van der Waals surface area contributed by atoms with Crippen LogP contribution in [0.2, 0.25) is 0 Å². The molecule has 2 atom stereocenters. The van der Waals surface area contributed by atoms with Crippen LogP contribution in [0.15, 0.2) is 24.3 Å². The number of carbonyl (C=O) groups excluding carboxylic acids is 1. The first-order valence-electron chi connectivity index (χ1n) is 6.34. The van der Waals surface area contributed by atoms with Crippen LogP contribution in [0.25, 0.3) is 0 Å². The minimum Gasteiger partial charge on any atom is -0.396 e. The van der Waals surface area contributed by atoms with Crippen molar-refractivity contribution in [2.75, 3.05) is 11.9 Å². The van der Waals surface area contributed by atoms with Gasteiger partial charge in [0.05, 0.1) is 6.04 Å². The molecular formula is C14H22N2O2. The maximum absolute atomic E-state index is 11.8. The number of benzene rings is 1. The van der Waals surface area contributed by atoms with Crippen molar-refractivity contribution < 1.29 is 9.90 Å².